The summed E-state index contributed by atoms with van der Waals surface area (Å²) in [6.45, 7) is 3.28. The molecule has 35 heavy (non-hydrogen) atoms. The molecule has 10 heteroatoms. The molecule has 4 aromatic rings. The summed E-state index contributed by atoms with van der Waals surface area (Å²) in [5, 5.41) is 16.1. The SMILES string of the molecule is O=C(Nc1cccc(-c2ccc(N3CCCC3)nn2)c1)C1CN(c2cc(-n3cccn3)ncn2)C1. The van der Waals surface area contributed by atoms with Crippen LogP contribution in [0.3, 0.4) is 0 Å². The van der Waals surface area contributed by atoms with Gasteiger partial charge in [0.2, 0.25) is 5.91 Å². The molecule has 1 N–H and O–H groups in total. The zero-order valence-electron chi connectivity index (χ0n) is 19.2. The van der Waals surface area contributed by atoms with Crippen molar-refractivity contribution in [1.82, 2.24) is 29.9 Å². The van der Waals surface area contributed by atoms with Crippen LogP contribution in [-0.2, 0) is 4.79 Å². The lowest BCUT2D eigenvalue weighted by Crippen LogP contribution is -2.52. The summed E-state index contributed by atoms with van der Waals surface area (Å²) < 4.78 is 1.69. The van der Waals surface area contributed by atoms with Crippen LogP contribution >= 0.6 is 0 Å². The van der Waals surface area contributed by atoms with E-state index in [2.05, 4.69) is 40.4 Å². The zero-order chi connectivity index (χ0) is 23.6. The van der Waals surface area contributed by atoms with Gasteiger partial charge >= 0.3 is 0 Å². The maximum absolute atomic E-state index is 12.8. The van der Waals surface area contributed by atoms with E-state index in [4.69, 9.17) is 0 Å². The smallest absolute Gasteiger partial charge is 0.231 e. The highest BCUT2D eigenvalue weighted by atomic mass is 16.2. The first-order valence-corrected chi connectivity index (χ1v) is 11.8. The molecule has 1 amide bonds. The fourth-order valence-corrected chi connectivity index (χ4v) is 4.47. The van der Waals surface area contributed by atoms with Gasteiger partial charge in [-0.15, -0.1) is 10.2 Å². The Hall–Kier alpha value is -4.34. The first kappa shape index (κ1) is 21.2. The van der Waals surface area contributed by atoms with Gasteiger partial charge in [0.25, 0.3) is 0 Å². The second-order valence-corrected chi connectivity index (χ2v) is 8.83. The van der Waals surface area contributed by atoms with Gasteiger partial charge in [-0.1, -0.05) is 12.1 Å². The number of rotatable bonds is 6. The maximum Gasteiger partial charge on any atom is 0.231 e. The molecular formula is C25H25N9O. The Balaban J connectivity index is 1.08. The summed E-state index contributed by atoms with van der Waals surface area (Å²) in [6.07, 6.45) is 7.47. The average Bonchev–Trinajstić information content (AvgIpc) is 3.59. The molecule has 5 heterocycles. The molecule has 0 saturated carbocycles. The lowest BCUT2D eigenvalue weighted by Gasteiger charge is -2.39. The number of carbonyl (C=O) groups is 1. The van der Waals surface area contributed by atoms with Gasteiger partial charge in [-0.3, -0.25) is 4.79 Å². The van der Waals surface area contributed by atoms with Gasteiger partial charge in [0.15, 0.2) is 11.6 Å². The van der Waals surface area contributed by atoms with Crippen molar-refractivity contribution < 1.29 is 4.79 Å². The summed E-state index contributed by atoms with van der Waals surface area (Å²) in [4.78, 5) is 25.8. The predicted octanol–water partition coefficient (Wildman–Crippen LogP) is 2.79. The summed E-state index contributed by atoms with van der Waals surface area (Å²) in [5.74, 6) is 2.29. The van der Waals surface area contributed by atoms with Crippen LogP contribution in [-0.4, -0.2) is 62.0 Å². The van der Waals surface area contributed by atoms with E-state index >= 15 is 0 Å². The Labute approximate surface area is 202 Å². The number of amides is 1. The Morgan fingerprint density at radius 2 is 1.74 bits per heavy atom. The van der Waals surface area contributed by atoms with E-state index in [1.807, 2.05) is 54.7 Å². The van der Waals surface area contributed by atoms with Crippen molar-refractivity contribution in [1.29, 1.82) is 0 Å². The Morgan fingerprint density at radius 3 is 2.51 bits per heavy atom. The molecule has 2 aliphatic rings. The van der Waals surface area contributed by atoms with Gasteiger partial charge in [-0.2, -0.15) is 5.10 Å². The van der Waals surface area contributed by atoms with Crippen molar-refractivity contribution in [2.24, 2.45) is 5.92 Å². The van der Waals surface area contributed by atoms with E-state index < -0.39 is 0 Å². The number of hydrogen-bond donors (Lipinski definition) is 1. The van der Waals surface area contributed by atoms with Crippen LogP contribution in [0, 0.1) is 5.92 Å². The van der Waals surface area contributed by atoms with E-state index in [1.54, 1.807) is 10.9 Å². The first-order chi connectivity index (χ1) is 17.2. The number of anilines is 3. The topological polar surface area (TPSA) is 105 Å². The fourth-order valence-electron chi connectivity index (χ4n) is 4.47. The maximum atomic E-state index is 12.8. The van der Waals surface area contributed by atoms with Crippen molar-refractivity contribution in [3.8, 4) is 17.1 Å². The minimum absolute atomic E-state index is 0.00442. The van der Waals surface area contributed by atoms with Crippen LogP contribution in [0.2, 0.25) is 0 Å². The first-order valence-electron chi connectivity index (χ1n) is 11.8. The number of benzene rings is 1. The second kappa shape index (κ2) is 9.13. The molecule has 1 aromatic carbocycles. The third-order valence-electron chi connectivity index (χ3n) is 6.46. The number of aromatic nitrogens is 6. The molecule has 0 aliphatic carbocycles. The van der Waals surface area contributed by atoms with Crippen LogP contribution in [0.15, 0.2) is 67.3 Å². The molecule has 6 rings (SSSR count). The van der Waals surface area contributed by atoms with E-state index in [1.165, 1.54) is 19.2 Å². The third-order valence-corrected chi connectivity index (χ3v) is 6.46. The molecule has 0 bridgehead atoms. The van der Waals surface area contributed by atoms with Gasteiger partial charge in [-0.25, -0.2) is 14.6 Å². The summed E-state index contributed by atoms with van der Waals surface area (Å²) in [6, 6.07) is 15.5. The molecule has 0 atom stereocenters. The fraction of sp³-hybridized carbons (Fsp3) is 0.280. The molecule has 10 nitrogen and oxygen atoms in total. The van der Waals surface area contributed by atoms with Gasteiger partial charge in [0, 0.05) is 55.9 Å². The lowest BCUT2D eigenvalue weighted by molar-refractivity contribution is -0.120. The zero-order valence-corrected chi connectivity index (χ0v) is 19.2. The van der Waals surface area contributed by atoms with Gasteiger partial charge < -0.3 is 15.1 Å². The van der Waals surface area contributed by atoms with Crippen LogP contribution in [0.1, 0.15) is 12.8 Å². The van der Waals surface area contributed by atoms with E-state index in [9.17, 15) is 4.79 Å². The highest BCUT2D eigenvalue weighted by Crippen LogP contribution is 2.26. The number of hydrogen-bond acceptors (Lipinski definition) is 8. The Kier molecular flexibility index (Phi) is 5.53. The highest BCUT2D eigenvalue weighted by molar-refractivity contribution is 5.94. The second-order valence-electron chi connectivity index (χ2n) is 8.83. The Morgan fingerprint density at radius 1 is 0.886 bits per heavy atom. The van der Waals surface area contributed by atoms with Gasteiger partial charge in [0.1, 0.15) is 12.1 Å². The molecule has 176 valence electrons. The van der Waals surface area contributed by atoms with Crippen molar-refractivity contribution in [3.63, 3.8) is 0 Å². The molecule has 3 aromatic heterocycles. The monoisotopic (exact) mass is 467 g/mol. The molecule has 2 aliphatic heterocycles. The largest absolute Gasteiger partial charge is 0.355 e. The predicted molar refractivity (Wildman–Crippen MR) is 132 cm³/mol. The number of carbonyl (C=O) groups excluding carboxylic acids is 1. The quantitative estimate of drug-likeness (QED) is 0.462. The van der Waals surface area contributed by atoms with Crippen molar-refractivity contribution >= 4 is 23.2 Å². The number of nitrogens with one attached hydrogen (secondary N) is 1. The molecule has 0 radical (unpaired) electrons. The third kappa shape index (κ3) is 4.42. The lowest BCUT2D eigenvalue weighted by atomic mass is 9.99. The van der Waals surface area contributed by atoms with Crippen LogP contribution < -0.4 is 15.1 Å². The Bertz CT molecular complexity index is 1310. The summed E-state index contributed by atoms with van der Waals surface area (Å²) in [5.41, 5.74) is 2.46. The molecule has 0 unspecified atom stereocenters. The summed E-state index contributed by atoms with van der Waals surface area (Å²) in [7, 11) is 0. The van der Waals surface area contributed by atoms with Crippen LogP contribution in [0.5, 0.6) is 0 Å². The molecule has 0 spiro atoms. The van der Waals surface area contributed by atoms with Crippen molar-refractivity contribution in [2.75, 3.05) is 41.3 Å². The van der Waals surface area contributed by atoms with Crippen molar-refractivity contribution in [2.45, 2.75) is 12.8 Å². The van der Waals surface area contributed by atoms with Crippen LogP contribution in [0.25, 0.3) is 17.1 Å². The number of nitrogens with zero attached hydrogens (tertiary/aromatic N) is 8. The van der Waals surface area contributed by atoms with E-state index in [0.29, 0.717) is 18.9 Å². The van der Waals surface area contributed by atoms with Gasteiger partial charge in [-0.05, 0) is 43.2 Å². The van der Waals surface area contributed by atoms with Crippen molar-refractivity contribution in [3.05, 3.63) is 67.3 Å². The average molecular weight is 468 g/mol. The highest BCUT2D eigenvalue weighted by Gasteiger charge is 2.33. The standard InChI is InChI=1S/C25H25N9O/c35-25(19-15-33(16-19)23-14-24(27-17-26-23)34-12-4-9-28-34)29-20-6-3-5-18(13-20)21-7-8-22(31-30-21)32-10-1-2-11-32/h3-9,12-14,17,19H,1-2,10-11,15-16H2,(H,29,35). The van der Waals surface area contributed by atoms with E-state index in [-0.39, 0.29) is 11.8 Å². The molecule has 2 fully saturated rings. The normalized spacial score (nSPS) is 15.8. The molecular weight excluding hydrogens is 442 g/mol. The van der Waals surface area contributed by atoms with E-state index in [0.717, 1.165) is 41.7 Å². The molecule has 2 saturated heterocycles. The van der Waals surface area contributed by atoms with Crippen LogP contribution in [0.4, 0.5) is 17.3 Å². The summed E-state index contributed by atoms with van der Waals surface area (Å²) >= 11 is 0. The van der Waals surface area contributed by atoms with Gasteiger partial charge in [0.05, 0.1) is 11.6 Å². The minimum Gasteiger partial charge on any atom is -0.355 e. The minimum atomic E-state index is -0.110.